The van der Waals surface area contributed by atoms with Gasteiger partial charge in [0.05, 0.1) is 22.4 Å². The molecule has 0 bridgehead atoms. The van der Waals surface area contributed by atoms with E-state index in [1.807, 2.05) is 41.2 Å². The molecule has 5 nitrogen and oxygen atoms in total. The van der Waals surface area contributed by atoms with Crippen LogP contribution < -0.4 is 4.74 Å². The fraction of sp³-hybridized carbons (Fsp3) is 0.158. The van der Waals surface area contributed by atoms with Gasteiger partial charge in [0.25, 0.3) is 0 Å². The normalized spacial score (nSPS) is 11.4. The van der Waals surface area contributed by atoms with Gasteiger partial charge in [-0.2, -0.15) is 5.10 Å². The van der Waals surface area contributed by atoms with Crippen molar-refractivity contribution in [3.8, 4) is 34.1 Å². The van der Waals surface area contributed by atoms with E-state index < -0.39 is 0 Å². The fourth-order valence-electron chi connectivity index (χ4n) is 6.18. The van der Waals surface area contributed by atoms with Gasteiger partial charge in [-0.25, -0.2) is 9.67 Å². The monoisotopic (exact) mass is 562 g/mol. The first-order valence-electron chi connectivity index (χ1n) is 14.9. The lowest BCUT2D eigenvalue weighted by molar-refractivity contribution is 0.483. The lowest BCUT2D eigenvalue weighted by Gasteiger charge is -2.11. The van der Waals surface area contributed by atoms with E-state index in [-0.39, 0.29) is 0 Å². The Morgan fingerprint density at radius 1 is 0.721 bits per heavy atom. The molecule has 0 unspecified atom stereocenters. The zero-order chi connectivity index (χ0) is 29.5. The molecule has 4 aromatic carbocycles. The van der Waals surface area contributed by atoms with Crippen LogP contribution in [0, 0.1) is 20.8 Å². The zero-order valence-electron chi connectivity index (χ0n) is 25.0. The first-order valence-corrected chi connectivity index (χ1v) is 14.9. The average Bonchev–Trinajstić information content (AvgIpc) is 3.50. The van der Waals surface area contributed by atoms with Crippen LogP contribution >= 0.6 is 0 Å². The largest absolute Gasteiger partial charge is 0.457 e. The molecular formula is C38H34N4O. The number of nitrogens with zero attached hydrogens (tertiary/aromatic N) is 4. The molecule has 0 spiro atoms. The maximum Gasteiger partial charge on any atom is 0.137 e. The Kier molecular flexibility index (Phi) is 6.78. The summed E-state index contributed by atoms with van der Waals surface area (Å²) in [4.78, 5) is 4.75. The summed E-state index contributed by atoms with van der Waals surface area (Å²) >= 11 is 0. The van der Waals surface area contributed by atoms with Crippen LogP contribution in [0.1, 0.15) is 35.9 Å². The van der Waals surface area contributed by atoms with Crippen molar-refractivity contribution in [1.82, 2.24) is 19.3 Å². The van der Waals surface area contributed by atoms with Crippen molar-refractivity contribution in [3.05, 3.63) is 132 Å². The second kappa shape index (κ2) is 10.9. The smallest absolute Gasteiger partial charge is 0.137 e. The van der Waals surface area contributed by atoms with Gasteiger partial charge in [0.2, 0.25) is 0 Å². The predicted octanol–water partition coefficient (Wildman–Crippen LogP) is 9.70. The Hall–Kier alpha value is -5.16. The molecule has 43 heavy (non-hydrogen) atoms. The highest BCUT2D eigenvalue weighted by molar-refractivity contribution is 6.09. The Bertz CT molecular complexity index is 2100. The van der Waals surface area contributed by atoms with Crippen LogP contribution in [0.25, 0.3) is 44.4 Å². The SMILES string of the molecule is CCCc1ccc2c(c1)c1ccc(Oc3cccc(-n4nc(C)c(-c5ccccc5)c4C)c3)cc1n2-c1cc(C)ccn1. The van der Waals surface area contributed by atoms with Crippen molar-refractivity contribution in [2.45, 2.75) is 40.5 Å². The van der Waals surface area contributed by atoms with Gasteiger partial charge in [-0.3, -0.25) is 4.57 Å². The molecule has 0 aliphatic heterocycles. The van der Waals surface area contributed by atoms with E-state index in [1.54, 1.807) is 0 Å². The van der Waals surface area contributed by atoms with E-state index in [9.17, 15) is 0 Å². The summed E-state index contributed by atoms with van der Waals surface area (Å²) in [5.41, 5.74) is 10.1. The van der Waals surface area contributed by atoms with Crippen molar-refractivity contribution in [3.63, 3.8) is 0 Å². The molecule has 3 heterocycles. The third-order valence-corrected chi connectivity index (χ3v) is 8.12. The predicted molar refractivity (Wildman–Crippen MR) is 176 cm³/mol. The van der Waals surface area contributed by atoms with Crippen molar-refractivity contribution in [2.24, 2.45) is 0 Å². The van der Waals surface area contributed by atoms with Crippen molar-refractivity contribution in [2.75, 3.05) is 0 Å². The van der Waals surface area contributed by atoms with Crippen molar-refractivity contribution >= 4 is 21.8 Å². The molecule has 7 rings (SSSR count). The van der Waals surface area contributed by atoms with Gasteiger partial charge in [-0.15, -0.1) is 0 Å². The van der Waals surface area contributed by atoms with Crippen molar-refractivity contribution < 1.29 is 4.74 Å². The summed E-state index contributed by atoms with van der Waals surface area (Å²) < 4.78 is 10.8. The van der Waals surface area contributed by atoms with E-state index in [0.29, 0.717) is 0 Å². The number of fused-ring (bicyclic) bond motifs is 3. The van der Waals surface area contributed by atoms with Crippen LogP contribution in [-0.4, -0.2) is 19.3 Å². The lowest BCUT2D eigenvalue weighted by atomic mass is 10.0. The number of aryl methyl sites for hydroxylation is 3. The fourth-order valence-corrected chi connectivity index (χ4v) is 6.18. The number of pyridine rings is 1. The first kappa shape index (κ1) is 26.7. The van der Waals surface area contributed by atoms with Crippen LogP contribution in [0.5, 0.6) is 11.5 Å². The highest BCUT2D eigenvalue weighted by Crippen LogP contribution is 2.36. The topological polar surface area (TPSA) is 44.9 Å². The van der Waals surface area contributed by atoms with Crippen LogP contribution in [0.3, 0.4) is 0 Å². The summed E-state index contributed by atoms with van der Waals surface area (Å²) in [7, 11) is 0. The Morgan fingerprint density at radius 3 is 2.37 bits per heavy atom. The second-order valence-corrected chi connectivity index (χ2v) is 11.2. The molecule has 3 aromatic heterocycles. The molecule has 0 atom stereocenters. The molecule has 0 radical (unpaired) electrons. The van der Waals surface area contributed by atoms with E-state index in [2.05, 4.69) is 105 Å². The highest BCUT2D eigenvalue weighted by Gasteiger charge is 2.17. The molecule has 0 saturated carbocycles. The Labute approximate surface area is 252 Å². The van der Waals surface area contributed by atoms with Gasteiger partial charge in [-0.05, 0) is 92.4 Å². The van der Waals surface area contributed by atoms with Crippen molar-refractivity contribution in [1.29, 1.82) is 0 Å². The van der Waals surface area contributed by atoms with E-state index >= 15 is 0 Å². The van der Waals surface area contributed by atoms with Gasteiger partial charge in [0.15, 0.2) is 0 Å². The minimum Gasteiger partial charge on any atom is -0.457 e. The molecule has 0 amide bonds. The minimum atomic E-state index is 0.757. The second-order valence-electron chi connectivity index (χ2n) is 11.2. The summed E-state index contributed by atoms with van der Waals surface area (Å²) in [5, 5.41) is 7.31. The standard InChI is InChI=1S/C38H34N4O/c1-5-10-28-15-18-35-34(22-28)33-17-16-32(24-36(33)41(35)37-21-25(2)19-20-39-37)43-31-14-9-13-30(23-31)42-27(4)38(26(3)40-42)29-11-7-6-8-12-29/h6-9,11-24H,5,10H2,1-4H3. The number of rotatable bonds is 7. The Morgan fingerprint density at radius 2 is 1.56 bits per heavy atom. The van der Waals surface area contributed by atoms with Gasteiger partial charge in [0, 0.05) is 40.4 Å². The molecule has 7 aromatic rings. The number of hydrogen-bond acceptors (Lipinski definition) is 3. The maximum absolute atomic E-state index is 6.51. The summed E-state index contributed by atoms with van der Waals surface area (Å²) in [6.07, 6.45) is 4.05. The van der Waals surface area contributed by atoms with Gasteiger partial charge in [-0.1, -0.05) is 55.8 Å². The van der Waals surface area contributed by atoms with Crippen LogP contribution in [0.15, 0.2) is 109 Å². The van der Waals surface area contributed by atoms with E-state index in [1.165, 1.54) is 27.5 Å². The van der Waals surface area contributed by atoms with Gasteiger partial charge < -0.3 is 4.74 Å². The minimum absolute atomic E-state index is 0.757. The molecule has 5 heteroatoms. The highest BCUT2D eigenvalue weighted by atomic mass is 16.5. The molecule has 212 valence electrons. The van der Waals surface area contributed by atoms with Gasteiger partial charge >= 0.3 is 0 Å². The molecular weight excluding hydrogens is 528 g/mol. The lowest BCUT2D eigenvalue weighted by Crippen LogP contribution is -1.99. The summed E-state index contributed by atoms with van der Waals surface area (Å²) in [6, 6.07) is 35.9. The third-order valence-electron chi connectivity index (χ3n) is 8.12. The van der Waals surface area contributed by atoms with Gasteiger partial charge in [0.1, 0.15) is 17.3 Å². The van der Waals surface area contributed by atoms with Crippen LogP contribution in [-0.2, 0) is 6.42 Å². The Balaban J connectivity index is 1.30. The molecule has 0 aliphatic carbocycles. The molecule has 0 aliphatic rings. The van der Waals surface area contributed by atoms with Crippen LogP contribution in [0.4, 0.5) is 0 Å². The summed E-state index contributed by atoms with van der Waals surface area (Å²) in [5.74, 6) is 2.43. The van der Waals surface area contributed by atoms with Crippen LogP contribution in [0.2, 0.25) is 0 Å². The number of hydrogen-bond donors (Lipinski definition) is 0. The third kappa shape index (κ3) is 4.87. The first-order chi connectivity index (χ1) is 21.0. The number of benzene rings is 4. The quantitative estimate of drug-likeness (QED) is 0.194. The molecule has 0 saturated heterocycles. The zero-order valence-corrected chi connectivity index (χ0v) is 25.0. The summed E-state index contributed by atoms with van der Waals surface area (Å²) in [6.45, 7) is 8.51. The van der Waals surface area contributed by atoms with E-state index in [0.717, 1.165) is 63.8 Å². The maximum atomic E-state index is 6.51. The van der Waals surface area contributed by atoms with E-state index in [4.69, 9.17) is 14.8 Å². The average molecular weight is 563 g/mol. The number of aromatic nitrogens is 4. The molecule has 0 fully saturated rings. The number of ether oxygens (including phenoxy) is 1. The molecule has 0 N–H and O–H groups in total.